The predicted octanol–water partition coefficient (Wildman–Crippen LogP) is 3.18. The average molecular weight is 325 g/mol. The highest BCUT2D eigenvalue weighted by molar-refractivity contribution is 5.41. The summed E-state index contributed by atoms with van der Waals surface area (Å²) in [4.78, 5) is 3.60. The van der Waals surface area contributed by atoms with Gasteiger partial charge in [-0.05, 0) is 12.1 Å². The fraction of sp³-hybridized carbons (Fsp3) is 0.273. The SMILES string of the molecule is Oc1n[nH]c(Oc2ncccc2OCC(F)(F)F)c1C(F)F. The third kappa shape index (κ3) is 3.74. The molecular weight excluding hydrogens is 317 g/mol. The van der Waals surface area contributed by atoms with Crippen LogP contribution in [-0.4, -0.2) is 33.1 Å². The Balaban J connectivity index is 2.23. The van der Waals surface area contributed by atoms with Gasteiger partial charge in [-0.25, -0.2) is 18.9 Å². The summed E-state index contributed by atoms with van der Waals surface area (Å²) < 4.78 is 71.3. The molecule has 0 saturated heterocycles. The second kappa shape index (κ2) is 6.03. The van der Waals surface area contributed by atoms with Crippen molar-refractivity contribution in [2.24, 2.45) is 0 Å². The van der Waals surface area contributed by atoms with Crippen LogP contribution in [0.1, 0.15) is 12.0 Å². The van der Waals surface area contributed by atoms with Gasteiger partial charge < -0.3 is 14.6 Å². The van der Waals surface area contributed by atoms with Gasteiger partial charge >= 0.3 is 6.18 Å². The molecule has 22 heavy (non-hydrogen) atoms. The van der Waals surface area contributed by atoms with E-state index in [0.717, 1.165) is 12.3 Å². The number of aromatic hydroxyl groups is 1. The number of aromatic nitrogens is 3. The van der Waals surface area contributed by atoms with Crippen LogP contribution < -0.4 is 9.47 Å². The van der Waals surface area contributed by atoms with Crippen LogP contribution in [0.4, 0.5) is 22.0 Å². The van der Waals surface area contributed by atoms with E-state index in [2.05, 4.69) is 14.8 Å². The highest BCUT2D eigenvalue weighted by Gasteiger charge is 2.30. The van der Waals surface area contributed by atoms with Gasteiger partial charge in [0.05, 0.1) is 0 Å². The minimum atomic E-state index is -4.59. The number of rotatable bonds is 5. The predicted molar refractivity (Wildman–Crippen MR) is 61.1 cm³/mol. The van der Waals surface area contributed by atoms with Crippen LogP contribution in [0.25, 0.3) is 0 Å². The van der Waals surface area contributed by atoms with E-state index in [1.165, 1.54) is 6.07 Å². The molecule has 2 rings (SSSR count). The minimum absolute atomic E-state index is 0.408. The van der Waals surface area contributed by atoms with E-state index < -0.39 is 48.2 Å². The summed E-state index contributed by atoms with van der Waals surface area (Å²) >= 11 is 0. The Kier molecular flexibility index (Phi) is 4.33. The Labute approximate surface area is 119 Å². The zero-order chi connectivity index (χ0) is 16.3. The molecule has 0 aliphatic heterocycles. The Hall–Kier alpha value is -2.59. The van der Waals surface area contributed by atoms with E-state index >= 15 is 0 Å². The second-order valence-corrected chi connectivity index (χ2v) is 3.90. The molecule has 0 aromatic carbocycles. The lowest BCUT2D eigenvalue weighted by atomic mass is 10.3. The van der Waals surface area contributed by atoms with E-state index in [-0.39, 0.29) is 0 Å². The summed E-state index contributed by atoms with van der Waals surface area (Å²) in [5, 5.41) is 14.3. The number of pyridine rings is 1. The normalized spacial score (nSPS) is 11.7. The van der Waals surface area contributed by atoms with Gasteiger partial charge in [0, 0.05) is 6.20 Å². The van der Waals surface area contributed by atoms with Crippen LogP contribution >= 0.6 is 0 Å². The zero-order valence-corrected chi connectivity index (χ0v) is 10.6. The summed E-state index contributed by atoms with van der Waals surface area (Å²) in [6, 6.07) is 2.39. The molecule has 0 aliphatic rings. The minimum Gasteiger partial charge on any atom is -0.492 e. The van der Waals surface area contributed by atoms with E-state index in [9.17, 15) is 22.0 Å². The van der Waals surface area contributed by atoms with Crippen molar-refractivity contribution in [2.45, 2.75) is 12.6 Å². The number of aromatic amines is 1. The van der Waals surface area contributed by atoms with E-state index in [1.807, 2.05) is 5.10 Å². The van der Waals surface area contributed by atoms with Gasteiger partial charge in [0.1, 0.15) is 5.56 Å². The molecule has 0 aliphatic carbocycles. The molecule has 0 spiro atoms. The summed E-state index contributed by atoms with van der Waals surface area (Å²) in [6.45, 7) is -1.61. The van der Waals surface area contributed by atoms with E-state index in [1.54, 1.807) is 0 Å². The molecule has 2 aromatic heterocycles. The molecule has 120 valence electrons. The molecule has 0 fully saturated rings. The molecule has 0 bridgehead atoms. The zero-order valence-electron chi connectivity index (χ0n) is 10.6. The number of nitrogens with one attached hydrogen (secondary N) is 1. The van der Waals surface area contributed by atoms with Crippen molar-refractivity contribution in [1.82, 2.24) is 15.2 Å². The first-order valence-electron chi connectivity index (χ1n) is 5.65. The maximum absolute atomic E-state index is 12.7. The molecule has 0 unspecified atom stereocenters. The van der Waals surface area contributed by atoms with Crippen LogP contribution in [0.5, 0.6) is 23.4 Å². The topological polar surface area (TPSA) is 80.3 Å². The largest absolute Gasteiger partial charge is 0.492 e. The highest BCUT2D eigenvalue weighted by Crippen LogP contribution is 2.38. The molecule has 0 amide bonds. The van der Waals surface area contributed by atoms with E-state index in [0.29, 0.717) is 0 Å². The van der Waals surface area contributed by atoms with Crippen molar-refractivity contribution in [3.63, 3.8) is 0 Å². The van der Waals surface area contributed by atoms with Gasteiger partial charge in [-0.3, -0.25) is 0 Å². The maximum Gasteiger partial charge on any atom is 0.422 e. The number of H-pyrrole nitrogens is 1. The van der Waals surface area contributed by atoms with Gasteiger partial charge in [-0.1, -0.05) is 0 Å². The van der Waals surface area contributed by atoms with Crippen LogP contribution in [0.2, 0.25) is 0 Å². The standard InChI is InChI=1S/C11H8F5N3O3/c12-7(13)6-8(20)18-19-10(6)22-9-5(2-1-3-17-9)21-4-11(14,15)16/h1-3,7H,4H2,(H2,18,19,20). The number of nitrogens with zero attached hydrogens (tertiary/aromatic N) is 2. The van der Waals surface area contributed by atoms with Crippen molar-refractivity contribution in [2.75, 3.05) is 6.61 Å². The number of hydrogen-bond acceptors (Lipinski definition) is 5. The van der Waals surface area contributed by atoms with Crippen molar-refractivity contribution >= 4 is 0 Å². The monoisotopic (exact) mass is 325 g/mol. The third-order valence-corrected chi connectivity index (χ3v) is 2.29. The lowest BCUT2D eigenvalue weighted by Gasteiger charge is -2.12. The van der Waals surface area contributed by atoms with Gasteiger partial charge in [-0.2, -0.15) is 13.2 Å². The summed E-state index contributed by atoms with van der Waals surface area (Å²) in [6.07, 6.45) is -6.54. The summed E-state index contributed by atoms with van der Waals surface area (Å²) in [5.41, 5.74) is -0.938. The van der Waals surface area contributed by atoms with Crippen LogP contribution in [0, 0.1) is 0 Å². The maximum atomic E-state index is 12.7. The van der Waals surface area contributed by atoms with Gasteiger partial charge in [0.2, 0.25) is 11.8 Å². The Morgan fingerprint density at radius 1 is 1.32 bits per heavy atom. The Morgan fingerprint density at radius 3 is 2.68 bits per heavy atom. The molecular formula is C11H8F5N3O3. The van der Waals surface area contributed by atoms with Crippen LogP contribution in [0.3, 0.4) is 0 Å². The fourth-order valence-corrected chi connectivity index (χ4v) is 1.42. The Morgan fingerprint density at radius 2 is 2.05 bits per heavy atom. The van der Waals surface area contributed by atoms with Gasteiger partial charge in [0.25, 0.3) is 12.3 Å². The van der Waals surface area contributed by atoms with Crippen molar-refractivity contribution in [1.29, 1.82) is 0 Å². The van der Waals surface area contributed by atoms with Crippen LogP contribution in [0.15, 0.2) is 18.3 Å². The summed E-state index contributed by atoms with van der Waals surface area (Å²) in [7, 11) is 0. The molecule has 2 aromatic rings. The van der Waals surface area contributed by atoms with Crippen molar-refractivity contribution in [3.05, 3.63) is 23.9 Å². The lowest BCUT2D eigenvalue weighted by Crippen LogP contribution is -2.19. The molecule has 0 atom stereocenters. The van der Waals surface area contributed by atoms with E-state index in [4.69, 9.17) is 9.84 Å². The number of hydrogen-bond donors (Lipinski definition) is 2. The molecule has 2 heterocycles. The molecule has 11 heteroatoms. The first-order chi connectivity index (χ1) is 10.3. The van der Waals surface area contributed by atoms with Gasteiger partial charge in [0.15, 0.2) is 12.4 Å². The van der Waals surface area contributed by atoms with Gasteiger partial charge in [-0.15, -0.1) is 5.10 Å². The average Bonchev–Trinajstić information content (AvgIpc) is 2.78. The molecule has 6 nitrogen and oxygen atoms in total. The number of halogens is 5. The molecule has 0 saturated carbocycles. The van der Waals surface area contributed by atoms with Crippen molar-refractivity contribution < 1.29 is 36.5 Å². The quantitative estimate of drug-likeness (QED) is 0.825. The number of ether oxygens (including phenoxy) is 2. The third-order valence-electron chi connectivity index (χ3n) is 2.29. The number of alkyl halides is 5. The Bertz CT molecular complexity index is 644. The van der Waals surface area contributed by atoms with Crippen LogP contribution in [-0.2, 0) is 0 Å². The lowest BCUT2D eigenvalue weighted by molar-refractivity contribution is -0.153. The smallest absolute Gasteiger partial charge is 0.422 e. The first kappa shape index (κ1) is 15.8. The summed E-state index contributed by atoms with van der Waals surface area (Å²) in [5.74, 6) is -2.53. The molecule has 2 N–H and O–H groups in total. The highest BCUT2D eigenvalue weighted by atomic mass is 19.4. The van der Waals surface area contributed by atoms with Crippen molar-refractivity contribution in [3.8, 4) is 23.4 Å². The fourth-order valence-electron chi connectivity index (χ4n) is 1.42. The first-order valence-corrected chi connectivity index (χ1v) is 5.65. The second-order valence-electron chi connectivity index (χ2n) is 3.90. The molecule has 0 radical (unpaired) electrons.